The number of hydrogen-bond donors (Lipinski definition) is 0. The number of fused-ring (bicyclic) bond motifs is 1. The van der Waals surface area contributed by atoms with Crippen molar-refractivity contribution in [3.05, 3.63) is 48.0 Å². The Labute approximate surface area is 206 Å². The molecule has 0 unspecified atom stereocenters. The first-order valence-corrected chi connectivity index (χ1v) is 13.9. The van der Waals surface area contributed by atoms with Gasteiger partial charge in [0.15, 0.2) is 15.0 Å². The number of ether oxygens (including phenoxy) is 1. The average Bonchev–Trinajstić information content (AvgIpc) is 3.24. The highest BCUT2D eigenvalue weighted by molar-refractivity contribution is 7.92. The van der Waals surface area contributed by atoms with E-state index in [4.69, 9.17) is 9.72 Å². The fourth-order valence-electron chi connectivity index (χ4n) is 3.58. The summed E-state index contributed by atoms with van der Waals surface area (Å²) in [4.78, 5) is 22.4. The zero-order valence-electron chi connectivity index (χ0n) is 20.4. The second-order valence-corrected chi connectivity index (χ2v) is 11.8. The molecule has 0 aliphatic rings. The molecular weight excluding hydrogens is 470 g/mol. The lowest BCUT2D eigenvalue weighted by Gasteiger charge is -2.24. The predicted molar refractivity (Wildman–Crippen MR) is 139 cm³/mol. The highest BCUT2D eigenvalue weighted by atomic mass is 32.2. The van der Waals surface area contributed by atoms with Crippen LogP contribution in [0.25, 0.3) is 10.2 Å². The number of rotatable bonds is 11. The number of nitrogens with zero attached hydrogens (tertiary/aromatic N) is 3. The number of amides is 1. The molecule has 0 saturated heterocycles. The molecule has 0 saturated carbocycles. The topological polar surface area (TPSA) is 79.8 Å². The molecule has 0 radical (unpaired) electrons. The second kappa shape index (κ2) is 11.3. The minimum Gasteiger partial charge on any atom is -0.497 e. The monoisotopic (exact) mass is 503 g/mol. The van der Waals surface area contributed by atoms with Crippen molar-refractivity contribution >= 4 is 42.4 Å². The van der Waals surface area contributed by atoms with Gasteiger partial charge in [0.25, 0.3) is 0 Å². The van der Waals surface area contributed by atoms with Crippen LogP contribution in [0, 0.1) is 0 Å². The lowest BCUT2D eigenvalue weighted by atomic mass is 10.1. The SMILES string of the molecule is CCN(CC)CCN(C(=O)Cc1ccc(S(=O)(=O)C(C)C)cc1)c1nc2ccc(OC)cc2s1. The van der Waals surface area contributed by atoms with Gasteiger partial charge < -0.3 is 9.64 Å². The summed E-state index contributed by atoms with van der Waals surface area (Å²) in [5, 5.41) is 0.160. The molecule has 184 valence electrons. The van der Waals surface area contributed by atoms with E-state index >= 15 is 0 Å². The molecule has 2 aromatic carbocycles. The first kappa shape index (κ1) is 26.1. The van der Waals surface area contributed by atoms with Crippen LogP contribution in [0.1, 0.15) is 33.3 Å². The number of hydrogen-bond acceptors (Lipinski definition) is 7. The number of carbonyl (C=O) groups excluding carboxylic acids is 1. The normalized spacial score (nSPS) is 12.0. The Balaban J connectivity index is 1.86. The zero-order chi connectivity index (χ0) is 24.9. The Morgan fingerprint density at radius 2 is 1.74 bits per heavy atom. The number of methoxy groups -OCH3 is 1. The minimum atomic E-state index is -3.35. The molecule has 0 aliphatic carbocycles. The molecule has 1 heterocycles. The second-order valence-electron chi connectivity index (χ2n) is 8.32. The molecular formula is C25H33N3O4S2. The van der Waals surface area contributed by atoms with Crippen LogP contribution in [0.5, 0.6) is 5.75 Å². The number of likely N-dealkylation sites (N-methyl/N-ethyl adjacent to an activating group) is 1. The third-order valence-electron chi connectivity index (χ3n) is 5.88. The zero-order valence-corrected chi connectivity index (χ0v) is 22.1. The van der Waals surface area contributed by atoms with Crippen LogP contribution in [-0.4, -0.2) is 62.7 Å². The Hall–Kier alpha value is -2.49. The molecule has 1 aromatic heterocycles. The standard InChI is InChI=1S/C25H33N3O4S2/c1-6-27(7-2)14-15-28(25-26-22-13-10-20(32-5)17-23(22)33-25)24(29)16-19-8-11-21(12-9-19)34(30,31)18(3)4/h8-13,17-18H,6-7,14-16H2,1-5H3. The van der Waals surface area contributed by atoms with Gasteiger partial charge in [-0.2, -0.15) is 0 Å². The molecule has 34 heavy (non-hydrogen) atoms. The van der Waals surface area contributed by atoms with Crippen molar-refractivity contribution in [2.24, 2.45) is 0 Å². The van der Waals surface area contributed by atoms with E-state index in [9.17, 15) is 13.2 Å². The van der Waals surface area contributed by atoms with Crippen molar-refractivity contribution in [2.75, 3.05) is 38.2 Å². The predicted octanol–water partition coefficient (Wildman–Crippen LogP) is 4.40. The summed E-state index contributed by atoms with van der Waals surface area (Å²) in [6, 6.07) is 12.3. The van der Waals surface area contributed by atoms with Gasteiger partial charge in [-0.25, -0.2) is 13.4 Å². The van der Waals surface area contributed by atoms with Crippen LogP contribution in [0.4, 0.5) is 5.13 Å². The molecule has 1 amide bonds. The maximum Gasteiger partial charge on any atom is 0.233 e. The van der Waals surface area contributed by atoms with Crippen LogP contribution in [-0.2, 0) is 21.1 Å². The summed E-state index contributed by atoms with van der Waals surface area (Å²) < 4.78 is 31.1. The van der Waals surface area contributed by atoms with E-state index in [1.54, 1.807) is 50.1 Å². The van der Waals surface area contributed by atoms with E-state index in [1.807, 2.05) is 18.2 Å². The molecule has 3 rings (SSSR count). The maximum absolute atomic E-state index is 13.4. The lowest BCUT2D eigenvalue weighted by Crippen LogP contribution is -2.39. The largest absolute Gasteiger partial charge is 0.497 e. The molecule has 3 aromatic rings. The van der Waals surface area contributed by atoms with Gasteiger partial charge in [0.2, 0.25) is 5.91 Å². The molecule has 0 atom stereocenters. The van der Waals surface area contributed by atoms with Gasteiger partial charge in [-0.15, -0.1) is 0 Å². The molecule has 0 bridgehead atoms. The summed E-state index contributed by atoms with van der Waals surface area (Å²) in [7, 11) is -1.72. The Morgan fingerprint density at radius 3 is 2.32 bits per heavy atom. The first-order chi connectivity index (χ1) is 16.2. The van der Waals surface area contributed by atoms with E-state index < -0.39 is 15.1 Å². The third kappa shape index (κ3) is 5.95. The first-order valence-electron chi connectivity index (χ1n) is 11.5. The van der Waals surface area contributed by atoms with Crippen molar-refractivity contribution in [1.29, 1.82) is 0 Å². The van der Waals surface area contributed by atoms with Crippen LogP contribution >= 0.6 is 11.3 Å². The van der Waals surface area contributed by atoms with Gasteiger partial charge in [-0.3, -0.25) is 9.69 Å². The number of anilines is 1. The summed E-state index contributed by atoms with van der Waals surface area (Å²) in [5.41, 5.74) is 1.59. The van der Waals surface area contributed by atoms with Crippen molar-refractivity contribution in [2.45, 2.75) is 44.3 Å². The lowest BCUT2D eigenvalue weighted by molar-refractivity contribution is -0.118. The smallest absolute Gasteiger partial charge is 0.233 e. The Bertz CT molecular complexity index is 1220. The van der Waals surface area contributed by atoms with Gasteiger partial charge in [0.1, 0.15) is 5.75 Å². The summed E-state index contributed by atoms with van der Waals surface area (Å²) in [6.45, 7) is 10.6. The van der Waals surface area contributed by atoms with Crippen molar-refractivity contribution in [3.63, 3.8) is 0 Å². The van der Waals surface area contributed by atoms with Gasteiger partial charge in [-0.05, 0) is 62.8 Å². The van der Waals surface area contributed by atoms with Crippen LogP contribution in [0.15, 0.2) is 47.4 Å². The molecule has 9 heteroatoms. The van der Waals surface area contributed by atoms with Crippen molar-refractivity contribution in [3.8, 4) is 5.75 Å². The fraction of sp³-hybridized carbons (Fsp3) is 0.440. The van der Waals surface area contributed by atoms with Gasteiger partial charge in [-0.1, -0.05) is 37.3 Å². The minimum absolute atomic E-state index is 0.0716. The van der Waals surface area contributed by atoms with Gasteiger partial charge >= 0.3 is 0 Å². The van der Waals surface area contributed by atoms with Gasteiger partial charge in [0, 0.05) is 13.1 Å². The van der Waals surface area contributed by atoms with Crippen LogP contribution < -0.4 is 9.64 Å². The van der Waals surface area contributed by atoms with Gasteiger partial charge in [0.05, 0.1) is 33.9 Å². The highest BCUT2D eigenvalue weighted by Gasteiger charge is 2.22. The highest BCUT2D eigenvalue weighted by Crippen LogP contribution is 2.32. The third-order valence-corrected chi connectivity index (χ3v) is 9.09. The summed E-state index contributed by atoms with van der Waals surface area (Å²) in [5.74, 6) is 0.679. The van der Waals surface area contributed by atoms with E-state index in [0.29, 0.717) is 11.7 Å². The van der Waals surface area contributed by atoms with E-state index in [2.05, 4.69) is 18.7 Å². The molecule has 0 aliphatic heterocycles. The van der Waals surface area contributed by atoms with Crippen LogP contribution in [0.3, 0.4) is 0 Å². The van der Waals surface area contributed by atoms with Crippen molar-refractivity contribution in [1.82, 2.24) is 9.88 Å². The number of aromatic nitrogens is 1. The van der Waals surface area contributed by atoms with Crippen LogP contribution in [0.2, 0.25) is 0 Å². The molecule has 7 nitrogen and oxygen atoms in total. The quantitative estimate of drug-likeness (QED) is 0.386. The Kier molecular flexibility index (Phi) is 8.67. The van der Waals surface area contributed by atoms with Crippen molar-refractivity contribution < 1.29 is 17.9 Å². The van der Waals surface area contributed by atoms with E-state index in [1.165, 1.54) is 11.3 Å². The number of carbonyl (C=O) groups is 1. The van der Waals surface area contributed by atoms with E-state index in [-0.39, 0.29) is 17.2 Å². The summed E-state index contributed by atoms with van der Waals surface area (Å²) >= 11 is 1.47. The fourth-order valence-corrected chi connectivity index (χ4v) is 5.68. The molecule has 0 fully saturated rings. The average molecular weight is 504 g/mol. The maximum atomic E-state index is 13.4. The number of sulfone groups is 1. The van der Waals surface area contributed by atoms with E-state index in [0.717, 1.165) is 41.2 Å². The number of thiazole rings is 1. The summed E-state index contributed by atoms with van der Waals surface area (Å²) in [6.07, 6.45) is 0.166. The molecule has 0 spiro atoms. The number of benzene rings is 2. The molecule has 0 N–H and O–H groups in total. The Morgan fingerprint density at radius 1 is 1.06 bits per heavy atom.